The highest BCUT2D eigenvalue weighted by molar-refractivity contribution is 6.35. The molecule has 0 bridgehead atoms. The van der Waals surface area contributed by atoms with Crippen molar-refractivity contribution >= 4 is 35.0 Å². The molecule has 25 heavy (non-hydrogen) atoms. The van der Waals surface area contributed by atoms with E-state index in [4.69, 9.17) is 28.5 Å². The number of hydrogen-bond acceptors (Lipinski definition) is 3. The van der Waals surface area contributed by atoms with Gasteiger partial charge in [0, 0.05) is 30.6 Å². The van der Waals surface area contributed by atoms with Crippen molar-refractivity contribution in [3.63, 3.8) is 0 Å². The molecule has 0 aliphatic carbocycles. The molecular formula is C18H15Cl2N3O2. The number of hydrogen-bond donors (Lipinski definition) is 1. The third kappa shape index (κ3) is 4.72. The van der Waals surface area contributed by atoms with E-state index in [0.29, 0.717) is 10.6 Å². The third-order valence-corrected chi connectivity index (χ3v) is 4.19. The predicted octanol–water partition coefficient (Wildman–Crippen LogP) is 3.72. The summed E-state index contributed by atoms with van der Waals surface area (Å²) >= 11 is 12.4. The standard InChI is InChI=1S/C18H15Cl2N3O2/c1-23(11-21)17(24)8-9-22-18(25)14-7-6-12(10-16(14)20)13-4-2-3-5-15(13)19/h2-7,10H,8-9H2,1H3,(H,22,25). The number of carbonyl (C=O) groups excluding carboxylic acids is 2. The van der Waals surface area contributed by atoms with Crippen LogP contribution in [0.4, 0.5) is 0 Å². The molecule has 0 atom stereocenters. The van der Waals surface area contributed by atoms with Crippen LogP contribution >= 0.6 is 23.2 Å². The topological polar surface area (TPSA) is 73.2 Å². The van der Waals surface area contributed by atoms with Crippen LogP contribution in [0.1, 0.15) is 16.8 Å². The van der Waals surface area contributed by atoms with Gasteiger partial charge in [0.1, 0.15) is 0 Å². The van der Waals surface area contributed by atoms with Crippen LogP contribution in [-0.4, -0.2) is 30.3 Å². The lowest BCUT2D eigenvalue weighted by Crippen LogP contribution is -2.30. The molecule has 5 nitrogen and oxygen atoms in total. The van der Waals surface area contributed by atoms with Crippen molar-refractivity contribution in [3.8, 4) is 17.3 Å². The molecule has 128 valence electrons. The average Bonchev–Trinajstić information content (AvgIpc) is 2.61. The maximum Gasteiger partial charge on any atom is 0.252 e. The van der Waals surface area contributed by atoms with Gasteiger partial charge in [-0.1, -0.05) is 47.5 Å². The lowest BCUT2D eigenvalue weighted by molar-refractivity contribution is -0.126. The zero-order valence-electron chi connectivity index (χ0n) is 13.4. The van der Waals surface area contributed by atoms with Crippen LogP contribution in [0, 0.1) is 11.5 Å². The third-order valence-electron chi connectivity index (χ3n) is 3.55. The lowest BCUT2D eigenvalue weighted by atomic mass is 10.0. The number of halogens is 2. The molecule has 0 saturated carbocycles. The monoisotopic (exact) mass is 375 g/mol. The van der Waals surface area contributed by atoms with E-state index in [0.717, 1.165) is 16.0 Å². The van der Waals surface area contributed by atoms with E-state index < -0.39 is 0 Å². The summed E-state index contributed by atoms with van der Waals surface area (Å²) in [7, 11) is 1.37. The summed E-state index contributed by atoms with van der Waals surface area (Å²) in [6, 6.07) is 12.4. The zero-order valence-corrected chi connectivity index (χ0v) is 14.9. The maximum absolute atomic E-state index is 12.2. The molecule has 7 heteroatoms. The number of nitrogens with zero attached hydrogens (tertiary/aromatic N) is 2. The Bertz CT molecular complexity index is 846. The highest BCUT2D eigenvalue weighted by atomic mass is 35.5. The molecule has 0 aromatic heterocycles. The molecular weight excluding hydrogens is 361 g/mol. The quantitative estimate of drug-likeness (QED) is 0.639. The minimum Gasteiger partial charge on any atom is -0.351 e. The van der Waals surface area contributed by atoms with E-state index in [9.17, 15) is 9.59 Å². The summed E-state index contributed by atoms with van der Waals surface area (Å²) < 4.78 is 0. The van der Waals surface area contributed by atoms with Gasteiger partial charge in [-0.25, -0.2) is 0 Å². The van der Waals surface area contributed by atoms with Gasteiger partial charge in [-0.05, 0) is 23.8 Å². The molecule has 0 heterocycles. The second-order valence-electron chi connectivity index (χ2n) is 5.23. The SMILES string of the molecule is CN(C#N)C(=O)CCNC(=O)c1ccc(-c2ccccc2Cl)cc1Cl. The first-order valence-electron chi connectivity index (χ1n) is 7.43. The second kappa shape index (κ2) is 8.52. The Morgan fingerprint density at radius 1 is 1.16 bits per heavy atom. The van der Waals surface area contributed by atoms with Gasteiger partial charge in [0.2, 0.25) is 5.91 Å². The van der Waals surface area contributed by atoms with Crippen molar-refractivity contribution in [2.45, 2.75) is 6.42 Å². The highest BCUT2D eigenvalue weighted by Crippen LogP contribution is 2.30. The van der Waals surface area contributed by atoms with Crippen LogP contribution in [0.25, 0.3) is 11.1 Å². The van der Waals surface area contributed by atoms with Crippen molar-refractivity contribution in [3.05, 3.63) is 58.1 Å². The molecule has 0 aliphatic rings. The lowest BCUT2D eigenvalue weighted by Gasteiger charge is -2.10. The van der Waals surface area contributed by atoms with Gasteiger partial charge in [-0.15, -0.1) is 0 Å². The van der Waals surface area contributed by atoms with Gasteiger partial charge in [0.25, 0.3) is 5.91 Å². The molecule has 2 rings (SSSR count). The maximum atomic E-state index is 12.2. The summed E-state index contributed by atoms with van der Waals surface area (Å²) in [5.74, 6) is -0.758. The largest absolute Gasteiger partial charge is 0.351 e. The summed E-state index contributed by atoms with van der Waals surface area (Å²) in [6.07, 6.45) is 1.74. The summed E-state index contributed by atoms with van der Waals surface area (Å²) in [5, 5.41) is 12.1. The molecule has 2 amide bonds. The van der Waals surface area contributed by atoms with Gasteiger partial charge in [0.05, 0.1) is 10.6 Å². The number of amides is 2. The van der Waals surface area contributed by atoms with E-state index in [1.54, 1.807) is 30.5 Å². The molecule has 2 aromatic carbocycles. The number of rotatable bonds is 5. The van der Waals surface area contributed by atoms with Crippen molar-refractivity contribution < 1.29 is 9.59 Å². The van der Waals surface area contributed by atoms with E-state index in [1.165, 1.54) is 7.05 Å². The highest BCUT2D eigenvalue weighted by Gasteiger charge is 2.13. The minimum atomic E-state index is -0.386. The second-order valence-corrected chi connectivity index (χ2v) is 6.05. The van der Waals surface area contributed by atoms with Crippen LogP contribution in [0.15, 0.2) is 42.5 Å². The van der Waals surface area contributed by atoms with Crippen molar-refractivity contribution in [1.29, 1.82) is 5.26 Å². The molecule has 2 aromatic rings. The van der Waals surface area contributed by atoms with E-state index in [1.807, 2.05) is 18.2 Å². The molecule has 1 N–H and O–H groups in total. The van der Waals surface area contributed by atoms with Crippen molar-refractivity contribution in [1.82, 2.24) is 10.2 Å². The number of nitrogens with one attached hydrogen (secondary N) is 1. The Kier molecular flexibility index (Phi) is 6.40. The van der Waals surface area contributed by atoms with E-state index in [-0.39, 0.29) is 29.8 Å². The Morgan fingerprint density at radius 3 is 2.52 bits per heavy atom. The Labute approximate surface area is 155 Å². The summed E-state index contributed by atoms with van der Waals surface area (Å²) in [4.78, 5) is 24.6. The van der Waals surface area contributed by atoms with Crippen LogP contribution in [0.2, 0.25) is 10.0 Å². The summed E-state index contributed by atoms with van der Waals surface area (Å²) in [6.45, 7) is 0.117. The Balaban J connectivity index is 2.06. The predicted molar refractivity (Wildman–Crippen MR) is 97.2 cm³/mol. The van der Waals surface area contributed by atoms with Crippen molar-refractivity contribution in [2.24, 2.45) is 0 Å². The molecule has 0 spiro atoms. The number of nitriles is 1. The fourth-order valence-electron chi connectivity index (χ4n) is 2.16. The average molecular weight is 376 g/mol. The van der Waals surface area contributed by atoms with E-state index in [2.05, 4.69) is 5.32 Å². The smallest absolute Gasteiger partial charge is 0.252 e. The Morgan fingerprint density at radius 2 is 1.88 bits per heavy atom. The first-order chi connectivity index (χ1) is 11.9. The van der Waals surface area contributed by atoms with E-state index >= 15 is 0 Å². The molecule has 0 fully saturated rings. The molecule has 0 unspecified atom stereocenters. The van der Waals surface area contributed by atoms with Gasteiger partial charge in [-0.3, -0.25) is 14.5 Å². The van der Waals surface area contributed by atoms with Gasteiger partial charge in [-0.2, -0.15) is 5.26 Å². The van der Waals surface area contributed by atoms with Gasteiger partial charge >= 0.3 is 0 Å². The number of benzene rings is 2. The van der Waals surface area contributed by atoms with Gasteiger partial charge < -0.3 is 5.32 Å². The fraction of sp³-hybridized carbons (Fsp3) is 0.167. The van der Waals surface area contributed by atoms with Crippen molar-refractivity contribution in [2.75, 3.05) is 13.6 Å². The van der Waals surface area contributed by atoms with Gasteiger partial charge in [0.15, 0.2) is 6.19 Å². The normalized spacial score (nSPS) is 10.0. The first kappa shape index (κ1) is 18.8. The van der Waals surface area contributed by atoms with Crippen LogP contribution < -0.4 is 5.32 Å². The van der Waals surface area contributed by atoms with Crippen LogP contribution in [0.3, 0.4) is 0 Å². The molecule has 0 radical (unpaired) electrons. The molecule has 0 saturated heterocycles. The first-order valence-corrected chi connectivity index (χ1v) is 8.18. The summed E-state index contributed by atoms with van der Waals surface area (Å²) in [5.41, 5.74) is 1.93. The fourth-order valence-corrected chi connectivity index (χ4v) is 2.67. The number of carbonyl (C=O) groups is 2. The Hall–Kier alpha value is -2.55. The van der Waals surface area contributed by atoms with Crippen LogP contribution in [-0.2, 0) is 4.79 Å². The molecule has 0 aliphatic heterocycles. The minimum absolute atomic E-state index is 0.0329. The zero-order chi connectivity index (χ0) is 18.4. The van der Waals surface area contributed by atoms with Crippen LogP contribution in [0.5, 0.6) is 0 Å².